The van der Waals surface area contributed by atoms with Gasteiger partial charge in [-0.1, -0.05) is 0 Å². The van der Waals surface area contributed by atoms with E-state index < -0.39 is 5.60 Å². The molecule has 1 aliphatic carbocycles. The van der Waals surface area contributed by atoms with Crippen LogP contribution in [0.5, 0.6) is 0 Å². The second-order valence-electron chi connectivity index (χ2n) is 6.18. The van der Waals surface area contributed by atoms with E-state index in [1.165, 1.54) is 17.9 Å². The molecule has 1 heterocycles. The predicted molar refractivity (Wildman–Crippen MR) is 81.9 cm³/mol. The first-order chi connectivity index (χ1) is 9.54. The number of carbonyl (C=O) groups excluding carboxylic acids is 1. The maximum atomic E-state index is 11.7. The SMILES string of the molecule is CCOC(=O)C1CCC(O)(CN(C)C2CCSC2)CC1. The first kappa shape index (κ1) is 16.1. The lowest BCUT2D eigenvalue weighted by atomic mass is 9.78. The number of esters is 1. The third-order valence-corrected chi connectivity index (χ3v) is 5.75. The van der Waals surface area contributed by atoms with E-state index in [-0.39, 0.29) is 11.9 Å². The normalized spacial score (nSPS) is 34.4. The molecule has 1 aliphatic heterocycles. The van der Waals surface area contributed by atoms with Gasteiger partial charge in [0, 0.05) is 18.3 Å². The lowest BCUT2D eigenvalue weighted by Crippen LogP contribution is -2.48. The van der Waals surface area contributed by atoms with Crippen molar-refractivity contribution in [3.05, 3.63) is 0 Å². The van der Waals surface area contributed by atoms with Gasteiger partial charge >= 0.3 is 5.97 Å². The van der Waals surface area contributed by atoms with Crippen LogP contribution in [-0.4, -0.2) is 59.3 Å². The molecule has 1 saturated carbocycles. The molecule has 0 bridgehead atoms. The highest BCUT2D eigenvalue weighted by atomic mass is 32.2. The van der Waals surface area contributed by atoms with Crippen LogP contribution in [0.4, 0.5) is 0 Å². The predicted octanol–water partition coefficient (Wildman–Crippen LogP) is 1.91. The Morgan fingerprint density at radius 2 is 2.10 bits per heavy atom. The van der Waals surface area contributed by atoms with E-state index in [9.17, 15) is 9.90 Å². The molecular formula is C15H27NO3S. The summed E-state index contributed by atoms with van der Waals surface area (Å²) in [6.45, 7) is 3.01. The molecule has 20 heavy (non-hydrogen) atoms. The molecule has 1 atom stereocenters. The molecule has 2 fully saturated rings. The van der Waals surface area contributed by atoms with Crippen LogP contribution in [0.1, 0.15) is 39.0 Å². The van der Waals surface area contributed by atoms with E-state index in [2.05, 4.69) is 11.9 Å². The molecule has 5 heteroatoms. The highest BCUT2D eigenvalue weighted by Gasteiger charge is 2.38. The summed E-state index contributed by atoms with van der Waals surface area (Å²) in [7, 11) is 2.12. The molecule has 2 aliphatic rings. The zero-order valence-corrected chi connectivity index (χ0v) is 13.5. The van der Waals surface area contributed by atoms with Crippen molar-refractivity contribution in [2.24, 2.45) is 5.92 Å². The number of aliphatic hydroxyl groups is 1. The first-order valence-corrected chi connectivity index (χ1v) is 8.86. The van der Waals surface area contributed by atoms with Crippen LogP contribution in [-0.2, 0) is 9.53 Å². The number of rotatable bonds is 5. The van der Waals surface area contributed by atoms with Gasteiger partial charge in [0.2, 0.25) is 0 Å². The second kappa shape index (κ2) is 7.14. The lowest BCUT2D eigenvalue weighted by Gasteiger charge is -2.39. The summed E-state index contributed by atoms with van der Waals surface area (Å²) >= 11 is 2.00. The first-order valence-electron chi connectivity index (χ1n) is 7.71. The van der Waals surface area contributed by atoms with Crippen LogP contribution in [0.2, 0.25) is 0 Å². The maximum absolute atomic E-state index is 11.7. The molecule has 0 aromatic rings. The molecule has 0 spiro atoms. The Kier molecular flexibility index (Phi) is 5.75. The molecule has 2 rings (SSSR count). The van der Waals surface area contributed by atoms with Crippen molar-refractivity contribution in [3.8, 4) is 0 Å². The van der Waals surface area contributed by atoms with E-state index in [1.807, 2.05) is 18.7 Å². The van der Waals surface area contributed by atoms with Gasteiger partial charge in [-0.2, -0.15) is 11.8 Å². The summed E-state index contributed by atoms with van der Waals surface area (Å²) in [6, 6.07) is 0.604. The van der Waals surface area contributed by atoms with E-state index in [0.717, 1.165) is 19.4 Å². The van der Waals surface area contributed by atoms with Crippen LogP contribution in [0, 0.1) is 5.92 Å². The molecular weight excluding hydrogens is 274 g/mol. The summed E-state index contributed by atoms with van der Waals surface area (Å²) in [4.78, 5) is 14.0. The molecule has 1 unspecified atom stereocenters. The highest BCUT2D eigenvalue weighted by molar-refractivity contribution is 7.99. The zero-order chi connectivity index (χ0) is 14.6. The fourth-order valence-corrected chi connectivity index (χ4v) is 4.57. The Hall–Kier alpha value is -0.260. The zero-order valence-electron chi connectivity index (χ0n) is 12.6. The molecule has 0 aromatic heterocycles. The minimum Gasteiger partial charge on any atom is -0.466 e. The molecule has 1 saturated heterocycles. The van der Waals surface area contributed by atoms with E-state index in [1.54, 1.807) is 0 Å². The topological polar surface area (TPSA) is 49.8 Å². The summed E-state index contributed by atoms with van der Waals surface area (Å²) < 4.78 is 5.08. The van der Waals surface area contributed by atoms with Gasteiger partial charge in [0.1, 0.15) is 0 Å². The number of likely N-dealkylation sites (N-methyl/N-ethyl adjacent to an activating group) is 1. The lowest BCUT2D eigenvalue weighted by molar-refractivity contribution is -0.151. The van der Waals surface area contributed by atoms with E-state index >= 15 is 0 Å². The number of hydrogen-bond donors (Lipinski definition) is 1. The van der Waals surface area contributed by atoms with Gasteiger partial charge in [0.15, 0.2) is 0 Å². The highest BCUT2D eigenvalue weighted by Crippen LogP contribution is 2.34. The fourth-order valence-electron chi connectivity index (χ4n) is 3.27. The van der Waals surface area contributed by atoms with Crippen molar-refractivity contribution in [1.82, 2.24) is 4.90 Å². The van der Waals surface area contributed by atoms with E-state index in [0.29, 0.717) is 25.5 Å². The van der Waals surface area contributed by atoms with Gasteiger partial charge in [0.05, 0.1) is 18.1 Å². The Labute approximate surface area is 126 Å². The van der Waals surface area contributed by atoms with Crippen molar-refractivity contribution >= 4 is 17.7 Å². The maximum Gasteiger partial charge on any atom is 0.308 e. The quantitative estimate of drug-likeness (QED) is 0.786. The minimum atomic E-state index is -0.620. The van der Waals surface area contributed by atoms with Gasteiger partial charge in [-0.3, -0.25) is 9.69 Å². The summed E-state index contributed by atoms with van der Waals surface area (Å²) in [6.07, 6.45) is 4.15. The minimum absolute atomic E-state index is 0.0115. The number of carbonyl (C=O) groups is 1. The third kappa shape index (κ3) is 4.12. The number of nitrogens with zero attached hydrogens (tertiary/aromatic N) is 1. The van der Waals surface area contributed by atoms with Crippen LogP contribution < -0.4 is 0 Å². The van der Waals surface area contributed by atoms with Crippen molar-refractivity contribution in [3.63, 3.8) is 0 Å². The number of ether oxygens (including phenoxy) is 1. The van der Waals surface area contributed by atoms with Crippen molar-refractivity contribution < 1.29 is 14.6 Å². The van der Waals surface area contributed by atoms with Crippen LogP contribution in [0.25, 0.3) is 0 Å². The summed E-state index contributed by atoms with van der Waals surface area (Å²) in [5, 5.41) is 10.7. The van der Waals surface area contributed by atoms with Crippen LogP contribution in [0.3, 0.4) is 0 Å². The summed E-state index contributed by atoms with van der Waals surface area (Å²) in [5.41, 5.74) is -0.620. The molecule has 4 nitrogen and oxygen atoms in total. The van der Waals surface area contributed by atoms with Crippen LogP contribution in [0.15, 0.2) is 0 Å². The summed E-state index contributed by atoms with van der Waals surface area (Å²) in [5.74, 6) is 2.31. The molecule has 1 N–H and O–H groups in total. The Morgan fingerprint density at radius 3 is 2.65 bits per heavy atom. The average molecular weight is 301 g/mol. The standard InChI is InChI=1S/C15H27NO3S/c1-3-19-14(17)12-4-7-15(18,8-5-12)11-16(2)13-6-9-20-10-13/h12-13,18H,3-11H2,1-2H3. The molecule has 0 amide bonds. The largest absolute Gasteiger partial charge is 0.466 e. The second-order valence-corrected chi connectivity index (χ2v) is 7.33. The smallest absolute Gasteiger partial charge is 0.308 e. The van der Waals surface area contributed by atoms with Crippen molar-refractivity contribution in [2.45, 2.75) is 50.7 Å². The molecule has 0 aromatic carbocycles. The Morgan fingerprint density at radius 1 is 1.40 bits per heavy atom. The van der Waals surface area contributed by atoms with Gasteiger partial charge in [-0.15, -0.1) is 0 Å². The van der Waals surface area contributed by atoms with E-state index in [4.69, 9.17) is 4.74 Å². The van der Waals surface area contributed by atoms with Crippen molar-refractivity contribution in [2.75, 3.05) is 31.7 Å². The Bertz CT molecular complexity index is 323. The van der Waals surface area contributed by atoms with Crippen molar-refractivity contribution in [1.29, 1.82) is 0 Å². The average Bonchev–Trinajstić information content (AvgIpc) is 2.93. The van der Waals surface area contributed by atoms with Gasteiger partial charge in [-0.05, 0) is 51.8 Å². The van der Waals surface area contributed by atoms with Crippen LogP contribution >= 0.6 is 11.8 Å². The monoisotopic (exact) mass is 301 g/mol. The molecule has 0 radical (unpaired) electrons. The Balaban J connectivity index is 1.80. The number of thioether (sulfide) groups is 1. The molecule has 116 valence electrons. The number of hydrogen-bond acceptors (Lipinski definition) is 5. The fraction of sp³-hybridized carbons (Fsp3) is 0.933. The third-order valence-electron chi connectivity index (χ3n) is 4.61. The van der Waals surface area contributed by atoms with Gasteiger partial charge in [-0.25, -0.2) is 0 Å². The van der Waals surface area contributed by atoms with Gasteiger partial charge in [0.25, 0.3) is 0 Å². The van der Waals surface area contributed by atoms with Gasteiger partial charge < -0.3 is 9.84 Å².